The van der Waals surface area contributed by atoms with E-state index in [1.54, 1.807) is 4.90 Å². The molecule has 1 aromatic carbocycles. The molecule has 0 aliphatic carbocycles. The number of nitrogens with one attached hydrogen (secondary N) is 1. The molecule has 1 aliphatic heterocycles. The second kappa shape index (κ2) is 4.94. The fourth-order valence-corrected chi connectivity index (χ4v) is 1.52. The zero-order valence-electron chi connectivity index (χ0n) is 8.78. The maximum absolute atomic E-state index is 12.6. The molecule has 1 amide bonds. The van der Waals surface area contributed by atoms with Gasteiger partial charge in [0.15, 0.2) is 0 Å². The zero-order valence-corrected chi connectivity index (χ0v) is 8.78. The van der Waals surface area contributed by atoms with Crippen molar-refractivity contribution in [2.75, 3.05) is 26.2 Å². The van der Waals surface area contributed by atoms with Crippen molar-refractivity contribution in [3.63, 3.8) is 0 Å². The Labute approximate surface area is 93.0 Å². The van der Waals surface area contributed by atoms with Gasteiger partial charge in [-0.15, -0.1) is 0 Å². The minimum atomic E-state index is -0.381. The molecule has 0 aromatic heterocycles. The Morgan fingerprint density at radius 1 is 1.25 bits per heavy atom. The summed E-state index contributed by atoms with van der Waals surface area (Å²) >= 11 is 0. The lowest BCUT2D eigenvalue weighted by Crippen LogP contribution is -2.47. The molecule has 0 unspecified atom stereocenters. The molecule has 1 aliphatic rings. The Morgan fingerprint density at radius 2 is 1.88 bits per heavy atom. The summed E-state index contributed by atoms with van der Waals surface area (Å²) in [5.74, 6) is 0.0203. The SMILES string of the molecule is O=C(Oc1ccc(F)cc1)N1CCNCC1. The number of carbonyl (C=O) groups excluding carboxylic acids is 1. The molecule has 1 N–H and O–H groups in total. The predicted molar refractivity (Wildman–Crippen MR) is 56.9 cm³/mol. The summed E-state index contributed by atoms with van der Waals surface area (Å²) in [4.78, 5) is 13.3. The second-order valence-electron chi connectivity index (χ2n) is 3.56. The fraction of sp³-hybridized carbons (Fsp3) is 0.364. The maximum Gasteiger partial charge on any atom is 0.415 e. The van der Waals surface area contributed by atoms with Crippen molar-refractivity contribution < 1.29 is 13.9 Å². The van der Waals surface area contributed by atoms with Crippen LogP contribution in [0.25, 0.3) is 0 Å². The first kappa shape index (κ1) is 10.9. The summed E-state index contributed by atoms with van der Waals surface area (Å²) in [6.07, 6.45) is -0.381. The highest BCUT2D eigenvalue weighted by Gasteiger charge is 2.17. The van der Waals surface area contributed by atoms with Crippen LogP contribution >= 0.6 is 0 Å². The van der Waals surface area contributed by atoms with Crippen LogP contribution in [0.1, 0.15) is 0 Å². The van der Waals surface area contributed by atoms with Gasteiger partial charge >= 0.3 is 6.09 Å². The average Bonchev–Trinajstić information content (AvgIpc) is 2.33. The molecule has 1 aromatic rings. The van der Waals surface area contributed by atoms with Crippen LogP contribution in [-0.2, 0) is 0 Å². The highest BCUT2D eigenvalue weighted by Crippen LogP contribution is 2.12. The van der Waals surface area contributed by atoms with Crippen molar-refractivity contribution in [1.29, 1.82) is 0 Å². The summed E-state index contributed by atoms with van der Waals surface area (Å²) in [6.45, 7) is 2.83. The molecule has 1 heterocycles. The summed E-state index contributed by atoms with van der Waals surface area (Å²) in [7, 11) is 0. The van der Waals surface area contributed by atoms with Gasteiger partial charge in [-0.25, -0.2) is 9.18 Å². The molecule has 0 atom stereocenters. The number of nitrogens with zero attached hydrogens (tertiary/aromatic N) is 1. The first-order chi connectivity index (χ1) is 7.75. The minimum absolute atomic E-state index is 0.345. The topological polar surface area (TPSA) is 41.6 Å². The van der Waals surface area contributed by atoms with E-state index in [0.717, 1.165) is 13.1 Å². The normalized spacial score (nSPS) is 15.9. The van der Waals surface area contributed by atoms with E-state index in [0.29, 0.717) is 18.8 Å². The van der Waals surface area contributed by atoms with Crippen molar-refractivity contribution in [2.45, 2.75) is 0 Å². The van der Waals surface area contributed by atoms with Gasteiger partial charge in [-0.3, -0.25) is 0 Å². The lowest BCUT2D eigenvalue weighted by atomic mass is 10.3. The second-order valence-corrected chi connectivity index (χ2v) is 3.56. The van der Waals surface area contributed by atoms with Gasteiger partial charge in [0.05, 0.1) is 0 Å². The van der Waals surface area contributed by atoms with Gasteiger partial charge in [0.25, 0.3) is 0 Å². The van der Waals surface area contributed by atoms with Crippen LogP contribution in [0.4, 0.5) is 9.18 Å². The third kappa shape index (κ3) is 2.70. The standard InChI is InChI=1S/C11H13FN2O2/c12-9-1-3-10(4-2-9)16-11(15)14-7-5-13-6-8-14/h1-4,13H,5-8H2. The Morgan fingerprint density at radius 3 is 2.50 bits per heavy atom. The molecular weight excluding hydrogens is 211 g/mol. The predicted octanol–water partition coefficient (Wildman–Crippen LogP) is 1.23. The van der Waals surface area contributed by atoms with Crippen LogP contribution in [0.2, 0.25) is 0 Å². The number of carbonyl (C=O) groups is 1. The molecule has 4 nitrogen and oxygen atoms in total. The van der Waals surface area contributed by atoms with Crippen molar-refractivity contribution in [1.82, 2.24) is 10.2 Å². The number of hydrogen-bond acceptors (Lipinski definition) is 3. The number of benzene rings is 1. The number of hydrogen-bond donors (Lipinski definition) is 1. The summed E-state index contributed by atoms with van der Waals surface area (Å²) < 4.78 is 17.7. The molecule has 0 bridgehead atoms. The van der Waals surface area contributed by atoms with Crippen molar-refractivity contribution >= 4 is 6.09 Å². The van der Waals surface area contributed by atoms with Gasteiger partial charge < -0.3 is 15.0 Å². The Bertz CT molecular complexity index is 361. The quantitative estimate of drug-likeness (QED) is 0.780. The molecule has 86 valence electrons. The zero-order chi connectivity index (χ0) is 11.4. The van der Waals surface area contributed by atoms with Gasteiger partial charge in [-0.05, 0) is 24.3 Å². The molecule has 0 saturated carbocycles. The summed E-state index contributed by atoms with van der Waals surface area (Å²) in [6, 6.07) is 5.41. The van der Waals surface area contributed by atoms with E-state index < -0.39 is 0 Å². The number of ether oxygens (including phenoxy) is 1. The first-order valence-electron chi connectivity index (χ1n) is 5.19. The lowest BCUT2D eigenvalue weighted by molar-refractivity contribution is 0.146. The van der Waals surface area contributed by atoms with E-state index in [-0.39, 0.29) is 11.9 Å². The van der Waals surface area contributed by atoms with Gasteiger partial charge in [0.1, 0.15) is 11.6 Å². The fourth-order valence-electron chi connectivity index (χ4n) is 1.52. The van der Waals surface area contributed by atoms with E-state index in [4.69, 9.17) is 4.74 Å². The maximum atomic E-state index is 12.6. The van der Waals surface area contributed by atoms with Gasteiger partial charge in [-0.2, -0.15) is 0 Å². The van der Waals surface area contributed by atoms with Crippen molar-refractivity contribution in [3.05, 3.63) is 30.1 Å². The third-order valence-corrected chi connectivity index (χ3v) is 2.39. The molecule has 1 saturated heterocycles. The van der Waals surface area contributed by atoms with E-state index in [1.165, 1.54) is 24.3 Å². The molecule has 16 heavy (non-hydrogen) atoms. The summed E-state index contributed by atoms with van der Waals surface area (Å²) in [5.41, 5.74) is 0. The number of halogens is 1. The molecule has 5 heteroatoms. The monoisotopic (exact) mass is 224 g/mol. The minimum Gasteiger partial charge on any atom is -0.410 e. The van der Waals surface area contributed by atoms with Crippen LogP contribution < -0.4 is 10.1 Å². The highest BCUT2D eigenvalue weighted by molar-refractivity contribution is 5.70. The van der Waals surface area contributed by atoms with Crippen molar-refractivity contribution in [2.24, 2.45) is 0 Å². The molecule has 1 fully saturated rings. The van der Waals surface area contributed by atoms with Crippen LogP contribution in [0.3, 0.4) is 0 Å². The van der Waals surface area contributed by atoms with Crippen LogP contribution in [0, 0.1) is 5.82 Å². The Kier molecular flexibility index (Phi) is 3.36. The van der Waals surface area contributed by atoms with Gasteiger partial charge in [0.2, 0.25) is 0 Å². The smallest absolute Gasteiger partial charge is 0.410 e. The third-order valence-electron chi connectivity index (χ3n) is 2.39. The lowest BCUT2D eigenvalue weighted by Gasteiger charge is -2.26. The Hall–Kier alpha value is -1.62. The Balaban J connectivity index is 1.93. The van der Waals surface area contributed by atoms with E-state index in [9.17, 15) is 9.18 Å². The molecular formula is C11H13FN2O2. The molecule has 0 spiro atoms. The molecule has 0 radical (unpaired) electrons. The first-order valence-corrected chi connectivity index (χ1v) is 5.19. The largest absolute Gasteiger partial charge is 0.415 e. The number of rotatable bonds is 1. The van der Waals surface area contributed by atoms with Crippen molar-refractivity contribution in [3.8, 4) is 5.75 Å². The number of piperazine rings is 1. The highest BCUT2D eigenvalue weighted by atomic mass is 19.1. The van der Waals surface area contributed by atoms with E-state index in [1.807, 2.05) is 0 Å². The van der Waals surface area contributed by atoms with Crippen LogP contribution in [0.5, 0.6) is 5.75 Å². The van der Waals surface area contributed by atoms with Crippen LogP contribution in [0.15, 0.2) is 24.3 Å². The number of amides is 1. The van der Waals surface area contributed by atoms with Crippen LogP contribution in [-0.4, -0.2) is 37.2 Å². The van der Waals surface area contributed by atoms with E-state index in [2.05, 4.69) is 5.32 Å². The molecule has 2 rings (SSSR count). The summed E-state index contributed by atoms with van der Waals surface area (Å²) in [5, 5.41) is 3.14. The average molecular weight is 224 g/mol. The van der Waals surface area contributed by atoms with Gasteiger partial charge in [-0.1, -0.05) is 0 Å². The van der Waals surface area contributed by atoms with Gasteiger partial charge in [0, 0.05) is 26.2 Å². The van der Waals surface area contributed by atoms with E-state index >= 15 is 0 Å².